The molecule has 0 bridgehead atoms. The number of unbranched alkanes of at least 4 members (excludes halogenated alkanes) is 6. The summed E-state index contributed by atoms with van der Waals surface area (Å²) < 4.78 is 22.9. The number of hydrogen-bond acceptors (Lipinski definition) is 10. The second kappa shape index (κ2) is 22.9. The normalized spacial score (nSPS) is 10.8. The monoisotopic (exact) mass is 836 g/mol. The van der Waals surface area contributed by atoms with Crippen molar-refractivity contribution in [3.63, 3.8) is 0 Å². The van der Waals surface area contributed by atoms with Gasteiger partial charge in [0.05, 0.1) is 47.4 Å². The number of carbonyl (C=O) groups excluding carboxylic acids is 2. The smallest absolute Gasteiger partial charge is 0.339 e. The van der Waals surface area contributed by atoms with Crippen LogP contribution in [-0.4, -0.2) is 48.2 Å². The van der Waals surface area contributed by atoms with Crippen LogP contribution in [0.4, 0.5) is 11.4 Å². The van der Waals surface area contributed by atoms with Crippen LogP contribution in [0.25, 0.3) is 33.4 Å². The summed E-state index contributed by atoms with van der Waals surface area (Å²) in [5.74, 6) is -0.0783. The lowest BCUT2D eigenvalue weighted by molar-refractivity contribution is -0.385. The molecule has 0 radical (unpaired) electrons. The second-order valence-corrected chi connectivity index (χ2v) is 14.6. The van der Waals surface area contributed by atoms with E-state index >= 15 is 0 Å². The quantitative estimate of drug-likeness (QED) is 0.0263. The lowest BCUT2D eigenvalue weighted by atomic mass is 9.94. The molecule has 6 aromatic carbocycles. The third-order valence-electron chi connectivity index (χ3n) is 10.2. The molecule has 318 valence electrons. The van der Waals surface area contributed by atoms with Crippen LogP contribution in [0.2, 0.25) is 0 Å². The van der Waals surface area contributed by atoms with Crippen LogP contribution < -0.4 is 9.47 Å². The molecule has 0 amide bonds. The molecule has 0 saturated heterocycles. The second-order valence-electron chi connectivity index (χ2n) is 14.6. The molecule has 0 heterocycles. The highest BCUT2D eigenvalue weighted by atomic mass is 16.6. The topological polar surface area (TPSA) is 157 Å². The van der Waals surface area contributed by atoms with Gasteiger partial charge in [-0.2, -0.15) is 0 Å². The van der Waals surface area contributed by atoms with E-state index in [4.69, 9.17) is 18.9 Å². The first kappa shape index (κ1) is 44.2. The van der Waals surface area contributed by atoms with Crippen molar-refractivity contribution in [1.29, 1.82) is 0 Å². The fourth-order valence-corrected chi connectivity index (χ4v) is 6.83. The average molecular weight is 837 g/mol. The van der Waals surface area contributed by atoms with Gasteiger partial charge in [-0.15, -0.1) is 0 Å². The molecular weight excluding hydrogens is 789 g/mol. The van der Waals surface area contributed by atoms with Crippen molar-refractivity contribution < 1.29 is 38.4 Å². The number of esters is 2. The molecule has 0 aliphatic carbocycles. The van der Waals surface area contributed by atoms with Gasteiger partial charge >= 0.3 is 11.9 Å². The number of rotatable bonds is 23. The van der Waals surface area contributed by atoms with Crippen molar-refractivity contribution in [3.05, 3.63) is 177 Å². The Balaban J connectivity index is 0.966. The van der Waals surface area contributed by atoms with E-state index in [1.807, 2.05) is 84.9 Å². The zero-order valence-electron chi connectivity index (χ0n) is 34.3. The minimum absolute atomic E-state index is 0.0614. The standard InChI is InChI=1S/C50H48N2O10/c53-49(61-33-13-3-1-11-31-59-43-25-19-39(20-26-43)37-15-7-5-8-16-37)47-35-41(51(55)56)23-29-45(47)46-30-24-42(52(57)58)36-48(46)50(54)62-34-14-4-2-12-32-60-44-27-21-40(22-28-44)38-17-9-6-10-18-38/h5-10,15-30,35-36H,1-4,11-14,31-34H2. The molecule has 6 aromatic rings. The molecule has 6 rings (SSSR count). The molecule has 0 aromatic heterocycles. The summed E-state index contributed by atoms with van der Waals surface area (Å²) in [5, 5.41) is 23.4. The Kier molecular flexibility index (Phi) is 16.3. The molecular formula is C50H48N2O10. The first-order valence-corrected chi connectivity index (χ1v) is 20.7. The Labute approximate surface area is 360 Å². The van der Waals surface area contributed by atoms with Gasteiger partial charge in [-0.1, -0.05) is 84.9 Å². The van der Waals surface area contributed by atoms with E-state index in [1.165, 1.54) is 24.3 Å². The fourth-order valence-electron chi connectivity index (χ4n) is 6.83. The van der Waals surface area contributed by atoms with Crippen molar-refractivity contribution in [2.75, 3.05) is 26.4 Å². The van der Waals surface area contributed by atoms with Gasteiger partial charge in [0.15, 0.2) is 0 Å². The van der Waals surface area contributed by atoms with Gasteiger partial charge in [0.25, 0.3) is 11.4 Å². The number of ether oxygens (including phenoxy) is 4. The van der Waals surface area contributed by atoms with Gasteiger partial charge in [0.2, 0.25) is 0 Å². The van der Waals surface area contributed by atoms with Crippen molar-refractivity contribution in [2.24, 2.45) is 0 Å². The van der Waals surface area contributed by atoms with E-state index < -0.39 is 21.8 Å². The van der Waals surface area contributed by atoms with Gasteiger partial charge in [0.1, 0.15) is 11.5 Å². The van der Waals surface area contributed by atoms with Gasteiger partial charge in [-0.25, -0.2) is 9.59 Å². The Morgan fingerprint density at radius 1 is 0.403 bits per heavy atom. The highest BCUT2D eigenvalue weighted by molar-refractivity contribution is 6.04. The maximum atomic E-state index is 13.4. The summed E-state index contributed by atoms with van der Waals surface area (Å²) in [6.07, 6.45) is 5.85. The predicted molar refractivity (Wildman–Crippen MR) is 237 cm³/mol. The number of nitro benzene ring substituents is 2. The maximum absolute atomic E-state index is 13.4. The summed E-state index contributed by atoms with van der Waals surface area (Å²) in [4.78, 5) is 49.0. The third kappa shape index (κ3) is 12.8. The third-order valence-corrected chi connectivity index (χ3v) is 10.2. The first-order valence-electron chi connectivity index (χ1n) is 20.7. The summed E-state index contributed by atoms with van der Waals surface area (Å²) >= 11 is 0. The van der Waals surface area contributed by atoms with Crippen molar-refractivity contribution in [3.8, 4) is 44.9 Å². The molecule has 0 unspecified atom stereocenters. The van der Waals surface area contributed by atoms with E-state index in [1.54, 1.807) is 0 Å². The molecule has 0 saturated carbocycles. The largest absolute Gasteiger partial charge is 0.494 e. The number of hydrogen-bond donors (Lipinski definition) is 0. The highest BCUT2D eigenvalue weighted by Crippen LogP contribution is 2.34. The van der Waals surface area contributed by atoms with Gasteiger partial charge < -0.3 is 18.9 Å². The fraction of sp³-hybridized carbons (Fsp3) is 0.240. The van der Waals surface area contributed by atoms with Crippen LogP contribution in [0.15, 0.2) is 146 Å². The minimum atomic E-state index is -0.822. The predicted octanol–water partition coefficient (Wildman–Crippen LogP) is 12.1. The van der Waals surface area contributed by atoms with Crippen molar-refractivity contribution in [1.82, 2.24) is 0 Å². The summed E-state index contributed by atoms with van der Waals surface area (Å²) in [6, 6.07) is 43.3. The minimum Gasteiger partial charge on any atom is -0.494 e. The molecule has 12 heteroatoms. The summed E-state index contributed by atoms with van der Waals surface area (Å²) in [5.41, 5.74) is 3.77. The Bertz CT molecular complexity index is 2230. The summed E-state index contributed by atoms with van der Waals surface area (Å²) in [7, 11) is 0. The molecule has 0 fully saturated rings. The molecule has 0 aliphatic rings. The molecule has 0 spiro atoms. The maximum Gasteiger partial charge on any atom is 0.339 e. The van der Waals surface area contributed by atoms with Crippen molar-refractivity contribution in [2.45, 2.75) is 51.4 Å². The first-order chi connectivity index (χ1) is 30.3. The number of nitro groups is 2. The van der Waals surface area contributed by atoms with Gasteiger partial charge in [0, 0.05) is 24.3 Å². The number of carbonyl (C=O) groups is 2. The van der Waals surface area contributed by atoms with Crippen LogP contribution in [0.5, 0.6) is 11.5 Å². The highest BCUT2D eigenvalue weighted by Gasteiger charge is 2.25. The van der Waals surface area contributed by atoms with Crippen LogP contribution in [0, 0.1) is 20.2 Å². The lowest BCUT2D eigenvalue weighted by Gasteiger charge is -2.14. The zero-order valence-corrected chi connectivity index (χ0v) is 34.3. The summed E-state index contributed by atoms with van der Waals surface area (Å²) in [6.45, 7) is 1.18. The Morgan fingerprint density at radius 2 is 0.742 bits per heavy atom. The molecule has 0 aliphatic heterocycles. The molecule has 12 nitrogen and oxygen atoms in total. The number of benzene rings is 6. The molecule has 0 N–H and O–H groups in total. The zero-order chi connectivity index (χ0) is 43.5. The number of non-ortho nitro benzene ring substituents is 2. The van der Waals surface area contributed by atoms with Crippen LogP contribution in [-0.2, 0) is 9.47 Å². The lowest BCUT2D eigenvalue weighted by Crippen LogP contribution is -2.12. The van der Waals surface area contributed by atoms with E-state index in [-0.39, 0.29) is 46.8 Å². The molecule has 62 heavy (non-hydrogen) atoms. The Morgan fingerprint density at radius 3 is 1.10 bits per heavy atom. The van der Waals surface area contributed by atoms with Crippen LogP contribution in [0.3, 0.4) is 0 Å². The van der Waals surface area contributed by atoms with E-state index in [9.17, 15) is 29.8 Å². The number of nitrogens with zero attached hydrogens (tertiary/aromatic N) is 2. The van der Waals surface area contributed by atoms with Gasteiger partial charge in [-0.05, 0) is 121 Å². The van der Waals surface area contributed by atoms with E-state index in [0.717, 1.165) is 84.4 Å². The average Bonchev–Trinajstić information content (AvgIpc) is 3.31. The molecule has 0 atom stereocenters. The van der Waals surface area contributed by atoms with Gasteiger partial charge in [-0.3, -0.25) is 20.2 Å². The van der Waals surface area contributed by atoms with E-state index in [0.29, 0.717) is 26.1 Å². The SMILES string of the molecule is O=C(OCCCCCCOc1ccc(-c2ccccc2)cc1)c1cc([N+](=O)[O-])ccc1-c1ccc([N+](=O)[O-])cc1C(=O)OCCCCCCOc1ccc(-c2ccccc2)cc1. The van der Waals surface area contributed by atoms with Crippen molar-refractivity contribution >= 4 is 23.3 Å². The van der Waals surface area contributed by atoms with Crippen LogP contribution in [0.1, 0.15) is 72.1 Å². The van der Waals surface area contributed by atoms with E-state index in [2.05, 4.69) is 24.3 Å². The van der Waals surface area contributed by atoms with Crippen LogP contribution >= 0.6 is 0 Å². The Hall–Kier alpha value is -7.34.